The number of aliphatic carboxylic acids is 1. The molecule has 1 fully saturated rings. The van der Waals surface area contributed by atoms with Crippen molar-refractivity contribution in [1.29, 1.82) is 0 Å². The van der Waals surface area contributed by atoms with Gasteiger partial charge in [0.15, 0.2) is 6.10 Å². The molecule has 6 heteroatoms. The predicted octanol–water partition coefficient (Wildman–Crippen LogP) is 1.99. The van der Waals surface area contributed by atoms with Gasteiger partial charge in [-0.25, -0.2) is 9.59 Å². The summed E-state index contributed by atoms with van der Waals surface area (Å²) in [6, 6.07) is -0.230. The van der Waals surface area contributed by atoms with Crippen molar-refractivity contribution < 1.29 is 19.4 Å². The van der Waals surface area contributed by atoms with Gasteiger partial charge in [0, 0.05) is 13.2 Å². The van der Waals surface area contributed by atoms with E-state index in [0.29, 0.717) is 0 Å². The van der Waals surface area contributed by atoms with Gasteiger partial charge in [-0.2, -0.15) is 0 Å². The quantitative estimate of drug-likeness (QED) is 0.724. The summed E-state index contributed by atoms with van der Waals surface area (Å²) >= 11 is 0. The minimum Gasteiger partial charge on any atom is -0.479 e. The summed E-state index contributed by atoms with van der Waals surface area (Å²) in [7, 11) is 1.31. The maximum Gasteiger partial charge on any atom is 0.334 e. The average Bonchev–Trinajstić information content (AvgIpc) is 2.24. The molecule has 0 heterocycles. The van der Waals surface area contributed by atoms with Crippen molar-refractivity contribution in [1.82, 2.24) is 10.6 Å². The van der Waals surface area contributed by atoms with E-state index >= 15 is 0 Å². The first-order valence-corrected chi connectivity index (χ1v) is 7.35. The Morgan fingerprint density at radius 1 is 1.24 bits per heavy atom. The van der Waals surface area contributed by atoms with Crippen molar-refractivity contribution in [2.45, 2.75) is 59.1 Å². The van der Waals surface area contributed by atoms with Gasteiger partial charge in [-0.05, 0) is 30.1 Å². The normalized spacial score (nSPS) is 22.3. The van der Waals surface area contributed by atoms with E-state index in [4.69, 9.17) is 9.84 Å². The zero-order valence-corrected chi connectivity index (χ0v) is 13.7. The van der Waals surface area contributed by atoms with Crippen molar-refractivity contribution in [3.8, 4) is 0 Å². The third-order valence-corrected chi connectivity index (χ3v) is 3.90. The Hall–Kier alpha value is -1.30. The highest BCUT2D eigenvalue weighted by Gasteiger charge is 2.38. The monoisotopic (exact) mass is 300 g/mol. The molecule has 3 N–H and O–H groups in total. The molecule has 1 rings (SSSR count). The number of urea groups is 1. The molecule has 0 aromatic rings. The smallest absolute Gasteiger partial charge is 0.334 e. The molecule has 1 atom stereocenters. The third-order valence-electron chi connectivity index (χ3n) is 3.90. The van der Waals surface area contributed by atoms with E-state index in [9.17, 15) is 9.59 Å². The van der Waals surface area contributed by atoms with Crippen LogP contribution < -0.4 is 10.6 Å². The average molecular weight is 300 g/mol. The van der Waals surface area contributed by atoms with Crippen molar-refractivity contribution >= 4 is 12.0 Å². The van der Waals surface area contributed by atoms with Crippen LogP contribution >= 0.6 is 0 Å². The molecule has 1 saturated carbocycles. The van der Waals surface area contributed by atoms with Crippen LogP contribution in [-0.2, 0) is 9.53 Å². The van der Waals surface area contributed by atoms with Crippen LogP contribution in [-0.4, -0.2) is 42.9 Å². The molecule has 0 radical (unpaired) electrons. The van der Waals surface area contributed by atoms with Gasteiger partial charge in [-0.15, -0.1) is 0 Å². The number of hydrogen-bond donors (Lipinski definition) is 3. The summed E-state index contributed by atoms with van der Waals surface area (Å²) < 4.78 is 4.78. The Balaban J connectivity index is 2.49. The number of carboxylic acid groups (broad SMARTS) is 1. The Kier molecular flexibility index (Phi) is 5.61. The number of nitrogens with one attached hydrogen (secondary N) is 2. The van der Waals surface area contributed by atoms with Crippen LogP contribution in [0.4, 0.5) is 4.79 Å². The minimum absolute atomic E-state index is 0.0445. The summed E-state index contributed by atoms with van der Waals surface area (Å²) in [6.45, 7) is 8.81. The molecule has 0 spiro atoms. The van der Waals surface area contributed by atoms with E-state index in [2.05, 4.69) is 38.3 Å². The van der Waals surface area contributed by atoms with E-state index in [1.165, 1.54) is 7.11 Å². The predicted molar refractivity (Wildman–Crippen MR) is 80.2 cm³/mol. The molecular formula is C15H28N2O4. The molecule has 0 bridgehead atoms. The zero-order valence-electron chi connectivity index (χ0n) is 13.7. The molecule has 2 amide bonds. The second-order valence-corrected chi connectivity index (χ2v) is 7.53. The minimum atomic E-state index is -1.09. The Morgan fingerprint density at radius 3 is 2.19 bits per heavy atom. The lowest BCUT2D eigenvalue weighted by molar-refractivity contribution is -0.147. The maximum absolute atomic E-state index is 11.9. The SMILES string of the molecule is COC(CNC(=O)NC1CC(C)(C)CC(C)(C)C1)C(=O)O. The van der Waals surface area contributed by atoms with Gasteiger partial charge >= 0.3 is 12.0 Å². The first-order valence-electron chi connectivity index (χ1n) is 7.35. The van der Waals surface area contributed by atoms with E-state index in [0.717, 1.165) is 19.3 Å². The summed E-state index contributed by atoms with van der Waals surface area (Å²) in [5.74, 6) is -1.09. The van der Waals surface area contributed by atoms with Gasteiger partial charge in [-0.3, -0.25) is 0 Å². The Morgan fingerprint density at radius 2 is 1.76 bits per heavy atom. The fourth-order valence-corrected chi connectivity index (χ4v) is 3.64. The maximum atomic E-state index is 11.9. The van der Waals surface area contributed by atoms with Crippen LogP contribution in [0.3, 0.4) is 0 Å². The number of rotatable bonds is 5. The van der Waals surface area contributed by atoms with E-state index < -0.39 is 12.1 Å². The van der Waals surface area contributed by atoms with E-state index in [1.54, 1.807) is 0 Å². The molecule has 0 aromatic carbocycles. The molecule has 122 valence electrons. The number of carbonyl (C=O) groups is 2. The standard InChI is InChI=1S/C15H28N2O4/c1-14(2)6-10(7-15(3,4)9-14)17-13(20)16-8-11(21-5)12(18)19/h10-11H,6-9H2,1-5H3,(H,18,19)(H2,16,17,20). The molecule has 0 aliphatic heterocycles. The Bertz CT molecular complexity index is 377. The fourth-order valence-electron chi connectivity index (χ4n) is 3.64. The van der Waals surface area contributed by atoms with Gasteiger partial charge < -0.3 is 20.5 Å². The van der Waals surface area contributed by atoms with Crippen molar-refractivity contribution in [2.24, 2.45) is 10.8 Å². The van der Waals surface area contributed by atoms with Crippen molar-refractivity contribution in [3.63, 3.8) is 0 Å². The summed E-state index contributed by atoms with van der Waals surface area (Å²) in [4.78, 5) is 22.7. The second kappa shape index (κ2) is 6.64. The number of ether oxygens (including phenoxy) is 1. The number of methoxy groups -OCH3 is 1. The van der Waals surface area contributed by atoms with Crippen LogP contribution in [0.2, 0.25) is 0 Å². The summed E-state index contributed by atoms with van der Waals surface area (Å²) in [5.41, 5.74) is 0.381. The van der Waals surface area contributed by atoms with Crippen molar-refractivity contribution in [3.05, 3.63) is 0 Å². The first-order chi connectivity index (χ1) is 9.54. The molecule has 6 nitrogen and oxygen atoms in total. The largest absolute Gasteiger partial charge is 0.479 e. The number of carbonyl (C=O) groups excluding carboxylic acids is 1. The number of amides is 2. The van der Waals surface area contributed by atoms with Crippen LogP contribution in [0.5, 0.6) is 0 Å². The highest BCUT2D eigenvalue weighted by Crippen LogP contribution is 2.45. The topological polar surface area (TPSA) is 87.7 Å². The molecule has 21 heavy (non-hydrogen) atoms. The van der Waals surface area contributed by atoms with Crippen molar-refractivity contribution in [2.75, 3.05) is 13.7 Å². The van der Waals surface area contributed by atoms with Crippen LogP contribution in [0.1, 0.15) is 47.0 Å². The third kappa shape index (κ3) is 5.91. The van der Waals surface area contributed by atoms with Gasteiger partial charge in [0.05, 0.1) is 6.54 Å². The lowest BCUT2D eigenvalue weighted by Crippen LogP contribution is -2.50. The lowest BCUT2D eigenvalue weighted by atomic mass is 9.63. The fraction of sp³-hybridized carbons (Fsp3) is 0.867. The van der Waals surface area contributed by atoms with Crippen LogP contribution in [0.25, 0.3) is 0 Å². The van der Waals surface area contributed by atoms with Crippen LogP contribution in [0.15, 0.2) is 0 Å². The summed E-state index contributed by atoms with van der Waals surface area (Å²) in [5, 5.41) is 14.4. The summed E-state index contributed by atoms with van der Waals surface area (Å²) in [6.07, 6.45) is 1.97. The molecule has 0 saturated heterocycles. The van der Waals surface area contributed by atoms with Gasteiger partial charge in [0.25, 0.3) is 0 Å². The first kappa shape index (κ1) is 17.8. The Labute approximate surface area is 126 Å². The molecule has 0 aromatic heterocycles. The zero-order chi connectivity index (χ0) is 16.3. The van der Waals surface area contributed by atoms with E-state index in [1.807, 2.05) is 0 Å². The number of hydrogen-bond acceptors (Lipinski definition) is 3. The van der Waals surface area contributed by atoms with E-state index in [-0.39, 0.29) is 29.4 Å². The lowest BCUT2D eigenvalue weighted by Gasteiger charge is -2.45. The molecule has 1 unspecified atom stereocenters. The number of carboxylic acids is 1. The highest BCUT2D eigenvalue weighted by atomic mass is 16.5. The van der Waals surface area contributed by atoms with Gasteiger partial charge in [0.1, 0.15) is 0 Å². The molecular weight excluding hydrogens is 272 g/mol. The van der Waals surface area contributed by atoms with Crippen LogP contribution in [0, 0.1) is 10.8 Å². The van der Waals surface area contributed by atoms with Gasteiger partial charge in [0.2, 0.25) is 0 Å². The second-order valence-electron chi connectivity index (χ2n) is 7.53. The molecule has 1 aliphatic rings. The van der Waals surface area contributed by atoms with Gasteiger partial charge in [-0.1, -0.05) is 27.7 Å². The highest BCUT2D eigenvalue weighted by molar-refractivity contribution is 5.77. The molecule has 1 aliphatic carbocycles.